The summed E-state index contributed by atoms with van der Waals surface area (Å²) in [5, 5.41) is 8.05. The van der Waals surface area contributed by atoms with Crippen LogP contribution in [-0.2, 0) is 0 Å². The molecule has 4 heteroatoms. The van der Waals surface area contributed by atoms with Crippen LogP contribution in [0.15, 0.2) is 182 Å². The van der Waals surface area contributed by atoms with Crippen molar-refractivity contribution in [3.63, 3.8) is 0 Å². The van der Waals surface area contributed by atoms with Crippen LogP contribution in [0.25, 0.3) is 105 Å². The van der Waals surface area contributed by atoms with Crippen LogP contribution >= 0.6 is 0 Å². The average molecular weight is 675 g/mol. The summed E-state index contributed by atoms with van der Waals surface area (Å²) in [6.07, 6.45) is 1.84. The van der Waals surface area contributed by atoms with Gasteiger partial charge in [0.2, 0.25) is 0 Å². The lowest BCUT2D eigenvalue weighted by molar-refractivity contribution is 1.18. The zero-order chi connectivity index (χ0) is 34.9. The lowest BCUT2D eigenvalue weighted by Crippen LogP contribution is -1.94. The van der Waals surface area contributed by atoms with Gasteiger partial charge in [0.25, 0.3) is 0 Å². The van der Waals surface area contributed by atoms with Gasteiger partial charge in [0, 0.05) is 55.3 Å². The fourth-order valence-electron chi connectivity index (χ4n) is 8.06. The Morgan fingerprint density at radius 2 is 1.08 bits per heavy atom. The van der Waals surface area contributed by atoms with Gasteiger partial charge in [0.05, 0.1) is 39.0 Å². The molecule has 0 saturated carbocycles. The fourth-order valence-corrected chi connectivity index (χ4v) is 8.06. The van der Waals surface area contributed by atoms with Crippen LogP contribution in [0, 0.1) is 0 Å². The summed E-state index contributed by atoms with van der Waals surface area (Å²) in [6, 6.07) is 62.6. The van der Waals surface area contributed by atoms with Crippen molar-refractivity contribution >= 4 is 65.3 Å². The summed E-state index contributed by atoms with van der Waals surface area (Å²) in [7, 11) is 0. The van der Waals surface area contributed by atoms with E-state index in [1.165, 1.54) is 16.2 Å². The Morgan fingerprint density at radius 3 is 1.94 bits per heavy atom. The molecule has 0 bridgehead atoms. The van der Waals surface area contributed by atoms with Crippen LogP contribution in [0.4, 0.5) is 0 Å². The maximum absolute atomic E-state index is 5.33. The number of para-hydroxylation sites is 1. The predicted octanol–water partition coefficient (Wildman–Crippen LogP) is 12.6. The highest BCUT2D eigenvalue weighted by molar-refractivity contribution is 6.19. The van der Waals surface area contributed by atoms with Gasteiger partial charge in [-0.2, -0.15) is 0 Å². The molecule has 0 aliphatic rings. The summed E-state index contributed by atoms with van der Waals surface area (Å²) < 4.78 is 2.40. The standard InChI is InChI=1S/C49H30N4/c1-3-11-31(12-4-1)47-40-19-8-7-18-38(40)41-30-46-42(29-44(41)52-47)39-24-22-35(28-45(39)53(46)37-16-5-2-6-17-37)34-13-9-14-36(27-34)43-25-23-33-21-20-32-15-10-26-50-48(32)49(33)51-43/h1-30H. The van der Waals surface area contributed by atoms with E-state index in [4.69, 9.17) is 9.97 Å². The van der Waals surface area contributed by atoms with Crippen LogP contribution in [0.5, 0.6) is 0 Å². The highest BCUT2D eigenvalue weighted by atomic mass is 15.0. The summed E-state index contributed by atoms with van der Waals surface area (Å²) in [5.74, 6) is 0. The van der Waals surface area contributed by atoms with Gasteiger partial charge in [-0.3, -0.25) is 4.98 Å². The first-order valence-electron chi connectivity index (χ1n) is 17.9. The molecule has 4 nitrogen and oxygen atoms in total. The van der Waals surface area contributed by atoms with Crippen molar-refractivity contribution in [1.29, 1.82) is 0 Å². The molecule has 0 fully saturated rings. The number of pyridine rings is 3. The molecule has 0 amide bonds. The van der Waals surface area contributed by atoms with E-state index in [-0.39, 0.29) is 0 Å². The monoisotopic (exact) mass is 674 g/mol. The molecule has 0 atom stereocenters. The first-order valence-corrected chi connectivity index (χ1v) is 17.9. The molecule has 4 heterocycles. The Hall–Kier alpha value is -7.17. The average Bonchev–Trinajstić information content (AvgIpc) is 3.55. The van der Waals surface area contributed by atoms with E-state index < -0.39 is 0 Å². The Labute approximate surface area is 305 Å². The van der Waals surface area contributed by atoms with Gasteiger partial charge in [-0.05, 0) is 65.0 Å². The third-order valence-corrected chi connectivity index (χ3v) is 10.6. The van der Waals surface area contributed by atoms with E-state index in [0.717, 1.165) is 88.5 Å². The van der Waals surface area contributed by atoms with Crippen molar-refractivity contribution in [3.05, 3.63) is 182 Å². The molecule has 0 radical (unpaired) electrons. The lowest BCUT2D eigenvalue weighted by Gasteiger charge is -2.12. The molecule has 7 aromatic carbocycles. The fraction of sp³-hybridized carbons (Fsp3) is 0. The predicted molar refractivity (Wildman–Crippen MR) is 220 cm³/mol. The minimum atomic E-state index is 0.922. The van der Waals surface area contributed by atoms with Crippen LogP contribution in [-0.4, -0.2) is 19.5 Å². The molecule has 0 saturated heterocycles. The third kappa shape index (κ3) is 4.73. The Kier molecular flexibility index (Phi) is 6.52. The second-order valence-corrected chi connectivity index (χ2v) is 13.7. The van der Waals surface area contributed by atoms with E-state index >= 15 is 0 Å². The Balaban J connectivity index is 1.12. The number of fused-ring (bicyclic) bond motifs is 9. The highest BCUT2D eigenvalue weighted by Gasteiger charge is 2.18. The van der Waals surface area contributed by atoms with E-state index in [2.05, 4.69) is 179 Å². The van der Waals surface area contributed by atoms with Crippen LogP contribution in [0.2, 0.25) is 0 Å². The van der Waals surface area contributed by atoms with Gasteiger partial charge in [-0.1, -0.05) is 127 Å². The summed E-state index contributed by atoms with van der Waals surface area (Å²) in [5.41, 5.74) is 12.7. The molecule has 11 aromatic rings. The van der Waals surface area contributed by atoms with Gasteiger partial charge in [0.15, 0.2) is 0 Å². The molecule has 11 rings (SSSR count). The SMILES string of the molecule is c1ccc(-c2nc3cc4c5ccc(-c6cccc(-c7ccc8ccc9cccnc9c8n7)c6)cc5n(-c5ccccc5)c4cc3c3ccccc23)cc1. The van der Waals surface area contributed by atoms with Gasteiger partial charge >= 0.3 is 0 Å². The Bertz CT molecular complexity index is 3220. The van der Waals surface area contributed by atoms with Crippen LogP contribution in [0.1, 0.15) is 0 Å². The molecular formula is C49H30N4. The van der Waals surface area contributed by atoms with E-state index in [9.17, 15) is 0 Å². The number of nitrogens with zero attached hydrogens (tertiary/aromatic N) is 4. The zero-order valence-corrected chi connectivity index (χ0v) is 28.6. The van der Waals surface area contributed by atoms with Crippen molar-refractivity contribution in [3.8, 4) is 39.3 Å². The second-order valence-electron chi connectivity index (χ2n) is 13.7. The second kappa shape index (κ2) is 11.7. The highest BCUT2D eigenvalue weighted by Crippen LogP contribution is 2.40. The minimum absolute atomic E-state index is 0.922. The summed E-state index contributed by atoms with van der Waals surface area (Å²) in [6.45, 7) is 0. The minimum Gasteiger partial charge on any atom is -0.309 e. The third-order valence-electron chi connectivity index (χ3n) is 10.6. The smallest absolute Gasteiger partial charge is 0.0972 e. The maximum atomic E-state index is 5.33. The van der Waals surface area contributed by atoms with E-state index in [0.29, 0.717) is 0 Å². The van der Waals surface area contributed by atoms with E-state index in [1.54, 1.807) is 0 Å². The summed E-state index contributed by atoms with van der Waals surface area (Å²) >= 11 is 0. The first-order chi connectivity index (χ1) is 26.3. The van der Waals surface area contributed by atoms with Gasteiger partial charge in [0.1, 0.15) is 0 Å². The van der Waals surface area contributed by atoms with Crippen molar-refractivity contribution in [2.75, 3.05) is 0 Å². The van der Waals surface area contributed by atoms with Crippen LogP contribution < -0.4 is 0 Å². The van der Waals surface area contributed by atoms with Gasteiger partial charge in [-0.15, -0.1) is 0 Å². The molecule has 0 aliphatic heterocycles. The Morgan fingerprint density at radius 1 is 0.377 bits per heavy atom. The first kappa shape index (κ1) is 29.5. The quantitative estimate of drug-likeness (QED) is 0.175. The normalized spacial score (nSPS) is 11.8. The van der Waals surface area contributed by atoms with Crippen LogP contribution in [0.3, 0.4) is 0 Å². The number of hydrogen-bond donors (Lipinski definition) is 0. The molecule has 0 aliphatic carbocycles. The number of aromatic nitrogens is 4. The maximum Gasteiger partial charge on any atom is 0.0972 e. The molecule has 246 valence electrons. The molecule has 53 heavy (non-hydrogen) atoms. The molecular weight excluding hydrogens is 645 g/mol. The molecule has 0 N–H and O–H groups in total. The van der Waals surface area contributed by atoms with Gasteiger partial charge in [-0.25, -0.2) is 9.97 Å². The summed E-state index contributed by atoms with van der Waals surface area (Å²) in [4.78, 5) is 15.1. The number of hydrogen-bond acceptors (Lipinski definition) is 3. The number of rotatable bonds is 4. The van der Waals surface area contributed by atoms with Crippen molar-refractivity contribution in [2.24, 2.45) is 0 Å². The van der Waals surface area contributed by atoms with Gasteiger partial charge < -0.3 is 4.57 Å². The molecule has 0 spiro atoms. The topological polar surface area (TPSA) is 43.6 Å². The zero-order valence-electron chi connectivity index (χ0n) is 28.6. The largest absolute Gasteiger partial charge is 0.309 e. The molecule has 0 unspecified atom stereocenters. The lowest BCUT2D eigenvalue weighted by atomic mass is 9.98. The number of benzene rings is 7. The molecule has 4 aromatic heterocycles. The van der Waals surface area contributed by atoms with Crippen molar-refractivity contribution < 1.29 is 0 Å². The van der Waals surface area contributed by atoms with Crippen molar-refractivity contribution in [1.82, 2.24) is 19.5 Å². The van der Waals surface area contributed by atoms with Crippen molar-refractivity contribution in [2.45, 2.75) is 0 Å². The van der Waals surface area contributed by atoms with E-state index in [1.807, 2.05) is 12.3 Å².